The molecule has 15 nitrogen and oxygen atoms in total. The number of nitrogens with one attached hydrogen (secondary N) is 3. The van der Waals surface area contributed by atoms with Gasteiger partial charge < -0.3 is 75.4 Å². The Balaban J connectivity index is 1.57. The average molecular weight is 626 g/mol. The van der Waals surface area contributed by atoms with E-state index in [1.165, 1.54) is 0 Å². The first-order chi connectivity index (χ1) is 20.7. The molecule has 3 fully saturated rings. The second-order valence-corrected chi connectivity index (χ2v) is 11.8. The minimum Gasteiger partial charge on any atom is -0.394 e. The van der Waals surface area contributed by atoms with Crippen molar-refractivity contribution in [1.29, 1.82) is 0 Å². The van der Waals surface area contributed by atoms with Crippen LogP contribution in [0.25, 0.3) is 0 Å². The number of hydrogen-bond acceptors (Lipinski definition) is 15. The van der Waals surface area contributed by atoms with E-state index >= 15 is 0 Å². The number of rotatable bonds is 16. The highest BCUT2D eigenvalue weighted by Gasteiger charge is 2.47. The summed E-state index contributed by atoms with van der Waals surface area (Å²) in [6.45, 7) is 0.878. The van der Waals surface area contributed by atoms with Crippen LogP contribution >= 0.6 is 0 Å². The lowest BCUT2D eigenvalue weighted by atomic mass is 9.83. The lowest BCUT2D eigenvalue weighted by Crippen LogP contribution is -2.63. The van der Waals surface area contributed by atoms with Crippen molar-refractivity contribution in [3.63, 3.8) is 0 Å². The summed E-state index contributed by atoms with van der Waals surface area (Å²) in [5.41, 5.74) is 0. The van der Waals surface area contributed by atoms with E-state index in [0.29, 0.717) is 6.42 Å². The van der Waals surface area contributed by atoms with Gasteiger partial charge in [-0.15, -0.1) is 0 Å². The third-order valence-corrected chi connectivity index (χ3v) is 9.48. The zero-order valence-corrected chi connectivity index (χ0v) is 25.7. The number of ether oxygens (including phenoxy) is 5. The molecule has 15 atom stereocenters. The molecule has 43 heavy (non-hydrogen) atoms. The van der Waals surface area contributed by atoms with Crippen LogP contribution in [0, 0.1) is 17.8 Å². The van der Waals surface area contributed by atoms with Crippen molar-refractivity contribution in [1.82, 2.24) is 16.0 Å². The van der Waals surface area contributed by atoms with Gasteiger partial charge in [0.05, 0.1) is 126 Å². The molecule has 3 aliphatic rings. The summed E-state index contributed by atoms with van der Waals surface area (Å²) in [7, 11) is 5.06. The smallest absolute Gasteiger partial charge is 0.0991 e. The Bertz CT molecular complexity index is 789. The molecule has 15 unspecified atom stereocenters. The van der Waals surface area contributed by atoms with Crippen LogP contribution in [-0.4, -0.2) is 183 Å². The predicted molar refractivity (Wildman–Crippen MR) is 153 cm³/mol. The molecule has 3 aliphatic heterocycles. The van der Waals surface area contributed by atoms with Gasteiger partial charge in [0, 0.05) is 17.8 Å². The van der Waals surface area contributed by atoms with Gasteiger partial charge in [0.25, 0.3) is 0 Å². The third kappa shape index (κ3) is 8.41. The van der Waals surface area contributed by atoms with Crippen molar-refractivity contribution in [2.24, 2.45) is 17.8 Å². The van der Waals surface area contributed by atoms with Crippen LogP contribution in [0.2, 0.25) is 0 Å². The van der Waals surface area contributed by atoms with E-state index in [0.717, 1.165) is 0 Å². The van der Waals surface area contributed by atoms with Gasteiger partial charge in [0.2, 0.25) is 0 Å². The molecule has 0 aromatic carbocycles. The summed E-state index contributed by atoms with van der Waals surface area (Å²) in [6, 6.07) is -1.52. The van der Waals surface area contributed by atoms with E-state index in [-0.39, 0.29) is 58.8 Å². The Hall–Kier alpha value is -0.600. The number of aliphatic hydroxyl groups is 7. The maximum atomic E-state index is 11.3. The van der Waals surface area contributed by atoms with Crippen LogP contribution < -0.4 is 16.0 Å². The lowest BCUT2D eigenvalue weighted by molar-refractivity contribution is -0.213. The zero-order chi connectivity index (χ0) is 31.7. The molecule has 0 spiro atoms. The quantitative estimate of drug-likeness (QED) is 0.0779. The molecular formula is C28H55N3O12. The Kier molecular flexibility index (Phi) is 15.4. The molecule has 0 amide bonds. The van der Waals surface area contributed by atoms with E-state index < -0.39 is 84.9 Å². The van der Waals surface area contributed by atoms with Crippen molar-refractivity contribution < 1.29 is 59.4 Å². The fraction of sp³-hybridized carbons (Fsp3) is 1.00. The van der Waals surface area contributed by atoms with E-state index in [2.05, 4.69) is 16.0 Å². The average Bonchev–Trinajstić information content (AvgIpc) is 3.01. The van der Waals surface area contributed by atoms with Gasteiger partial charge in [0.1, 0.15) is 0 Å². The highest BCUT2D eigenvalue weighted by Crippen LogP contribution is 2.31. The fourth-order valence-electron chi connectivity index (χ4n) is 6.95. The second-order valence-electron chi connectivity index (χ2n) is 11.8. The molecule has 3 heterocycles. The Morgan fingerprint density at radius 1 is 0.488 bits per heavy atom. The Morgan fingerprint density at radius 2 is 0.814 bits per heavy atom. The highest BCUT2D eigenvalue weighted by molar-refractivity contribution is 4.98. The predicted octanol–water partition coefficient (Wildman–Crippen LogP) is -4.60. The normalized spacial score (nSPS) is 44.0. The van der Waals surface area contributed by atoms with Crippen LogP contribution in [0.15, 0.2) is 0 Å². The van der Waals surface area contributed by atoms with E-state index in [9.17, 15) is 35.7 Å². The van der Waals surface area contributed by atoms with Gasteiger partial charge in [-0.2, -0.15) is 0 Å². The number of hydrogen-bond donors (Lipinski definition) is 10. The molecule has 0 aromatic heterocycles. The summed E-state index contributed by atoms with van der Waals surface area (Å²) < 4.78 is 29.9. The van der Waals surface area contributed by atoms with Crippen LogP contribution in [0.4, 0.5) is 0 Å². The van der Waals surface area contributed by atoms with Crippen molar-refractivity contribution in [2.45, 2.75) is 86.4 Å². The van der Waals surface area contributed by atoms with Crippen LogP contribution in [0.1, 0.15) is 13.3 Å². The minimum atomic E-state index is -0.968. The molecule has 254 valence electrons. The van der Waals surface area contributed by atoms with Crippen molar-refractivity contribution in [3.8, 4) is 0 Å². The summed E-state index contributed by atoms with van der Waals surface area (Å²) in [4.78, 5) is 0. The monoisotopic (exact) mass is 625 g/mol. The van der Waals surface area contributed by atoms with E-state index in [1.807, 2.05) is 6.92 Å². The summed E-state index contributed by atoms with van der Waals surface area (Å²) >= 11 is 0. The zero-order valence-electron chi connectivity index (χ0n) is 25.7. The SMILES string of the molecule is CCC1C(CO)OC(COCC2C(CO)OC(COCC3C(CO)OC(CO)C(NC)C3O)C(NC)C2O)C(NC)C1O. The first-order valence-corrected chi connectivity index (χ1v) is 15.4. The lowest BCUT2D eigenvalue weighted by Gasteiger charge is -2.46. The molecule has 0 aliphatic carbocycles. The van der Waals surface area contributed by atoms with Crippen LogP contribution in [-0.2, 0) is 23.7 Å². The van der Waals surface area contributed by atoms with Gasteiger partial charge in [-0.3, -0.25) is 0 Å². The van der Waals surface area contributed by atoms with Gasteiger partial charge in [-0.1, -0.05) is 6.92 Å². The summed E-state index contributed by atoms with van der Waals surface area (Å²) in [5, 5.41) is 81.5. The fourth-order valence-corrected chi connectivity index (χ4v) is 6.95. The standard InChI is InChI=1S/C28H55N3O12/c1-5-14-17(6-32)42-21(24(30-3)26(14)36)12-40-11-16-19(8-34)43-22(25(31-4)28(16)38)13-39-10-15-18(7-33)41-20(9-35)23(29-2)27(15)37/h14-38H,5-13H2,1-4H3. The molecule has 0 aromatic rings. The second kappa shape index (κ2) is 17.9. The minimum absolute atomic E-state index is 0.0268. The number of likely N-dealkylation sites (N-methyl/N-ethyl adjacent to an activating group) is 3. The Morgan fingerprint density at radius 3 is 1.16 bits per heavy atom. The highest BCUT2D eigenvalue weighted by atomic mass is 16.6. The molecule has 3 saturated heterocycles. The van der Waals surface area contributed by atoms with E-state index in [1.54, 1.807) is 21.1 Å². The largest absolute Gasteiger partial charge is 0.394 e. The van der Waals surface area contributed by atoms with Crippen molar-refractivity contribution in [3.05, 3.63) is 0 Å². The molecule has 15 heteroatoms. The molecule has 0 radical (unpaired) electrons. The summed E-state index contributed by atoms with van der Waals surface area (Å²) in [5.74, 6) is -1.38. The first kappa shape index (κ1) is 36.9. The van der Waals surface area contributed by atoms with Gasteiger partial charge in [-0.25, -0.2) is 0 Å². The van der Waals surface area contributed by atoms with Gasteiger partial charge >= 0.3 is 0 Å². The van der Waals surface area contributed by atoms with Crippen molar-refractivity contribution >= 4 is 0 Å². The molecule has 0 saturated carbocycles. The topological polar surface area (TPSA) is 224 Å². The molecule has 0 bridgehead atoms. The van der Waals surface area contributed by atoms with Crippen LogP contribution in [0.3, 0.4) is 0 Å². The van der Waals surface area contributed by atoms with Gasteiger partial charge in [-0.05, 0) is 27.6 Å². The Labute approximate surface area is 253 Å². The van der Waals surface area contributed by atoms with Crippen LogP contribution in [0.5, 0.6) is 0 Å². The maximum Gasteiger partial charge on any atom is 0.0991 e. The van der Waals surface area contributed by atoms with Crippen molar-refractivity contribution in [2.75, 3.05) is 74.0 Å². The first-order valence-electron chi connectivity index (χ1n) is 15.4. The molecular weight excluding hydrogens is 570 g/mol. The summed E-state index contributed by atoms with van der Waals surface area (Å²) in [6.07, 6.45) is -5.86. The molecule has 3 rings (SSSR count). The third-order valence-electron chi connectivity index (χ3n) is 9.48. The van der Waals surface area contributed by atoms with Gasteiger partial charge in [0.15, 0.2) is 0 Å². The maximum absolute atomic E-state index is 11.3. The number of aliphatic hydroxyl groups excluding tert-OH is 7. The molecule has 10 N–H and O–H groups in total. The van der Waals surface area contributed by atoms with E-state index in [4.69, 9.17) is 23.7 Å².